The maximum absolute atomic E-state index is 10.8. The van der Waals surface area contributed by atoms with Crippen LogP contribution in [0.2, 0.25) is 0 Å². The normalized spacial score (nSPS) is 10.3. The van der Waals surface area contributed by atoms with Crippen LogP contribution in [0.1, 0.15) is 0 Å². The van der Waals surface area contributed by atoms with Crippen molar-refractivity contribution >= 4 is 11.7 Å². The summed E-state index contributed by atoms with van der Waals surface area (Å²) in [4.78, 5) is 21.9. The molecule has 0 atom stereocenters. The molecular weight excluding hydrogens is 158 g/mol. The number of nitrogens with zero attached hydrogens (tertiary/aromatic N) is 4. The van der Waals surface area contributed by atoms with E-state index in [4.69, 9.17) is 5.73 Å². The topological polar surface area (TPSA) is 86.2 Å². The van der Waals surface area contributed by atoms with Gasteiger partial charge in [-0.15, -0.1) is 0 Å². The molecule has 12 heavy (non-hydrogen) atoms. The van der Waals surface area contributed by atoms with Crippen LogP contribution in [0.25, 0.3) is 5.78 Å². The highest BCUT2D eigenvalue weighted by Crippen LogP contribution is 1.95. The fraction of sp³-hybridized carbons (Fsp3) is 0. The zero-order chi connectivity index (χ0) is 8.55. The Morgan fingerprint density at radius 1 is 1.42 bits per heavy atom. The fourth-order valence-corrected chi connectivity index (χ4v) is 0.866. The molecular formula is C6H5N5O. The van der Waals surface area contributed by atoms with Crippen LogP contribution >= 0.6 is 0 Å². The van der Waals surface area contributed by atoms with Crippen LogP contribution in [-0.2, 0) is 0 Å². The number of aromatic nitrogens is 4. The minimum Gasteiger partial charge on any atom is -0.369 e. The Labute approximate surface area is 66.7 Å². The molecule has 2 aromatic heterocycles. The molecule has 0 amide bonds. The van der Waals surface area contributed by atoms with E-state index in [0.717, 1.165) is 0 Å². The zero-order valence-electron chi connectivity index (χ0n) is 6.01. The molecule has 2 N–H and O–H groups in total. The number of nitrogen functional groups attached to an aromatic ring is 1. The van der Waals surface area contributed by atoms with Gasteiger partial charge in [0.1, 0.15) is 6.33 Å². The number of rotatable bonds is 0. The molecule has 0 aromatic carbocycles. The summed E-state index contributed by atoms with van der Waals surface area (Å²) in [5.41, 5.74) is 5.14. The van der Waals surface area contributed by atoms with Crippen molar-refractivity contribution in [2.75, 3.05) is 5.73 Å². The van der Waals surface area contributed by atoms with Crippen molar-refractivity contribution in [3.05, 3.63) is 28.9 Å². The predicted octanol–water partition coefficient (Wildman–Crippen LogP) is -0.933. The minimum atomic E-state index is -0.340. The van der Waals surface area contributed by atoms with Crippen LogP contribution in [0.5, 0.6) is 0 Å². The summed E-state index contributed by atoms with van der Waals surface area (Å²) in [5, 5.41) is 0. The van der Waals surface area contributed by atoms with Crippen LogP contribution in [0.3, 0.4) is 0 Å². The van der Waals surface area contributed by atoms with Gasteiger partial charge >= 0.3 is 0 Å². The molecule has 0 aliphatic rings. The van der Waals surface area contributed by atoms with Crippen molar-refractivity contribution in [1.29, 1.82) is 0 Å². The first-order chi connectivity index (χ1) is 5.77. The van der Waals surface area contributed by atoms with Gasteiger partial charge in [-0.1, -0.05) is 0 Å². The van der Waals surface area contributed by atoms with E-state index in [1.165, 1.54) is 23.0 Å². The minimum absolute atomic E-state index is 0.257. The van der Waals surface area contributed by atoms with E-state index in [-0.39, 0.29) is 17.3 Å². The van der Waals surface area contributed by atoms with Crippen LogP contribution < -0.4 is 11.3 Å². The van der Waals surface area contributed by atoms with Gasteiger partial charge in [0.25, 0.3) is 5.56 Å². The van der Waals surface area contributed by atoms with E-state index in [1.807, 2.05) is 0 Å². The standard InChI is InChI=1S/C6H5N5O/c7-5-8-3-9-6-10-4(12)1-2-11(5)6/h1-3H,(H2,7,8,9,10,12). The lowest BCUT2D eigenvalue weighted by Gasteiger charge is -1.98. The second kappa shape index (κ2) is 2.26. The van der Waals surface area contributed by atoms with Gasteiger partial charge in [0.05, 0.1) is 0 Å². The summed E-state index contributed by atoms with van der Waals surface area (Å²) >= 11 is 0. The van der Waals surface area contributed by atoms with E-state index in [1.54, 1.807) is 0 Å². The van der Waals surface area contributed by atoms with Gasteiger partial charge in [-0.25, -0.2) is 9.97 Å². The largest absolute Gasteiger partial charge is 0.369 e. The molecule has 2 rings (SSSR count). The van der Waals surface area contributed by atoms with Gasteiger partial charge < -0.3 is 5.73 Å². The third-order valence-electron chi connectivity index (χ3n) is 1.40. The van der Waals surface area contributed by atoms with Crippen LogP contribution in [0, 0.1) is 0 Å². The van der Waals surface area contributed by atoms with Gasteiger partial charge in [-0.3, -0.25) is 9.20 Å². The van der Waals surface area contributed by atoms with E-state index in [9.17, 15) is 4.79 Å². The second-order valence-electron chi connectivity index (χ2n) is 2.17. The Bertz CT molecular complexity index is 477. The summed E-state index contributed by atoms with van der Waals surface area (Å²) in [7, 11) is 0. The van der Waals surface area contributed by atoms with Crippen LogP contribution in [0.15, 0.2) is 23.4 Å². The molecule has 0 fully saturated rings. The quantitative estimate of drug-likeness (QED) is 0.542. The van der Waals surface area contributed by atoms with Gasteiger partial charge in [0.15, 0.2) is 0 Å². The van der Waals surface area contributed by atoms with Crippen molar-refractivity contribution < 1.29 is 0 Å². The third-order valence-corrected chi connectivity index (χ3v) is 1.40. The first-order valence-electron chi connectivity index (χ1n) is 3.23. The van der Waals surface area contributed by atoms with Crippen molar-refractivity contribution in [2.45, 2.75) is 0 Å². The third kappa shape index (κ3) is 0.895. The molecule has 0 spiro atoms. The summed E-state index contributed by atoms with van der Waals surface area (Å²) in [5.74, 6) is 0.516. The molecule has 6 nitrogen and oxygen atoms in total. The molecule has 60 valence electrons. The van der Waals surface area contributed by atoms with Gasteiger partial charge in [0.2, 0.25) is 11.7 Å². The zero-order valence-corrected chi connectivity index (χ0v) is 6.01. The van der Waals surface area contributed by atoms with Gasteiger partial charge in [-0.2, -0.15) is 4.98 Å². The Morgan fingerprint density at radius 3 is 3.08 bits per heavy atom. The number of hydrogen-bond acceptors (Lipinski definition) is 5. The molecule has 0 saturated heterocycles. The molecule has 6 heteroatoms. The average Bonchev–Trinajstić information content (AvgIpc) is 2.04. The highest BCUT2D eigenvalue weighted by Gasteiger charge is 1.97. The monoisotopic (exact) mass is 163 g/mol. The molecule has 0 aliphatic heterocycles. The highest BCUT2D eigenvalue weighted by atomic mass is 16.1. The van der Waals surface area contributed by atoms with Crippen molar-refractivity contribution in [3.63, 3.8) is 0 Å². The average molecular weight is 163 g/mol. The Kier molecular flexibility index (Phi) is 1.26. The lowest BCUT2D eigenvalue weighted by atomic mass is 10.6. The van der Waals surface area contributed by atoms with Crippen molar-refractivity contribution in [1.82, 2.24) is 19.4 Å². The molecule has 0 bridgehead atoms. The van der Waals surface area contributed by atoms with E-state index in [2.05, 4.69) is 15.0 Å². The van der Waals surface area contributed by atoms with Crippen LogP contribution in [-0.4, -0.2) is 19.4 Å². The van der Waals surface area contributed by atoms with E-state index in [0.29, 0.717) is 0 Å². The number of anilines is 1. The summed E-state index contributed by atoms with van der Waals surface area (Å²) in [6.07, 6.45) is 2.75. The lowest BCUT2D eigenvalue weighted by molar-refractivity contribution is 0.970. The predicted molar refractivity (Wildman–Crippen MR) is 41.5 cm³/mol. The van der Waals surface area contributed by atoms with E-state index >= 15 is 0 Å². The first kappa shape index (κ1) is 6.71. The smallest absolute Gasteiger partial charge is 0.274 e. The molecule has 0 saturated carbocycles. The second-order valence-corrected chi connectivity index (χ2v) is 2.17. The van der Waals surface area contributed by atoms with Crippen molar-refractivity contribution in [3.8, 4) is 0 Å². The highest BCUT2D eigenvalue weighted by molar-refractivity contribution is 5.33. The molecule has 0 unspecified atom stereocenters. The molecule has 2 aromatic rings. The van der Waals surface area contributed by atoms with Gasteiger partial charge in [-0.05, 0) is 0 Å². The molecule has 0 aliphatic carbocycles. The summed E-state index contributed by atoms with van der Waals surface area (Å²) < 4.78 is 1.43. The number of nitrogens with two attached hydrogens (primary N) is 1. The maximum Gasteiger partial charge on any atom is 0.274 e. The molecule has 2 heterocycles. The lowest BCUT2D eigenvalue weighted by Crippen LogP contribution is -2.11. The SMILES string of the molecule is Nc1ncnc2nc(=O)ccn12. The maximum atomic E-state index is 10.8. The first-order valence-corrected chi connectivity index (χ1v) is 3.23. The summed E-state index contributed by atoms with van der Waals surface area (Å²) in [6, 6.07) is 1.30. The van der Waals surface area contributed by atoms with Gasteiger partial charge in [0, 0.05) is 12.3 Å². The Hall–Kier alpha value is -1.98. The molecule has 0 radical (unpaired) electrons. The number of hydrogen-bond donors (Lipinski definition) is 1. The Balaban J connectivity index is 2.96. The van der Waals surface area contributed by atoms with Crippen LogP contribution in [0.4, 0.5) is 5.95 Å². The van der Waals surface area contributed by atoms with E-state index < -0.39 is 0 Å². The summed E-state index contributed by atoms with van der Waals surface area (Å²) in [6.45, 7) is 0. The van der Waals surface area contributed by atoms with Crippen molar-refractivity contribution in [2.24, 2.45) is 0 Å². The fourth-order valence-electron chi connectivity index (χ4n) is 0.866. The Morgan fingerprint density at radius 2 is 2.25 bits per heavy atom. The number of fused-ring (bicyclic) bond motifs is 1.